The van der Waals surface area contributed by atoms with Gasteiger partial charge in [-0.3, -0.25) is 4.79 Å². The summed E-state index contributed by atoms with van der Waals surface area (Å²) >= 11 is 0. The summed E-state index contributed by atoms with van der Waals surface area (Å²) in [5.74, 6) is 1.46. The van der Waals surface area contributed by atoms with E-state index in [2.05, 4.69) is 26.0 Å². The lowest BCUT2D eigenvalue weighted by atomic mass is 9.49. The van der Waals surface area contributed by atoms with Crippen LogP contribution in [0.2, 0.25) is 0 Å². The van der Waals surface area contributed by atoms with Crippen molar-refractivity contribution in [2.45, 2.75) is 71.1 Å². The molecule has 4 aliphatic carbocycles. The minimum absolute atomic E-state index is 0.0564. The number of rotatable bonds is 1. The van der Waals surface area contributed by atoms with E-state index in [-0.39, 0.29) is 35.0 Å². The molecule has 0 heterocycles. The number of carbonyl (C=O) groups excluding carboxylic acids is 1. The Morgan fingerprint density at radius 3 is 2.84 bits per heavy atom. The van der Waals surface area contributed by atoms with Crippen LogP contribution in [-0.2, 0) is 9.53 Å². The molecular formula is C21H31NO3. The number of hydrogen-bond acceptors (Lipinski definition) is 4. The van der Waals surface area contributed by atoms with Crippen LogP contribution in [0, 0.1) is 28.6 Å². The maximum Gasteiger partial charge on any atom is 0.302 e. The minimum atomic E-state index is -0.335. The molecule has 4 aliphatic rings. The molecule has 3 N–H and O–H groups in total. The molecule has 4 heteroatoms. The van der Waals surface area contributed by atoms with Gasteiger partial charge in [-0.2, -0.15) is 0 Å². The van der Waals surface area contributed by atoms with E-state index in [9.17, 15) is 9.90 Å². The highest BCUT2D eigenvalue weighted by molar-refractivity contribution is 5.66. The summed E-state index contributed by atoms with van der Waals surface area (Å²) in [5.41, 5.74) is 8.11. The number of ether oxygens (including phenoxy) is 1. The number of fused-ring (bicyclic) bond motifs is 5. The maximum atomic E-state index is 11.5. The van der Waals surface area contributed by atoms with Gasteiger partial charge in [0.25, 0.3) is 0 Å². The van der Waals surface area contributed by atoms with E-state index in [4.69, 9.17) is 10.5 Å². The number of aliphatic hydroxyl groups excluding tert-OH is 1. The Hall–Kier alpha value is -1.13. The fourth-order valence-electron chi connectivity index (χ4n) is 6.60. The fraction of sp³-hybridized carbons (Fsp3) is 0.762. The van der Waals surface area contributed by atoms with Gasteiger partial charge in [0, 0.05) is 18.4 Å². The summed E-state index contributed by atoms with van der Waals surface area (Å²) in [6.45, 7) is 6.14. The number of carbonyl (C=O) groups is 1. The Morgan fingerprint density at radius 2 is 2.12 bits per heavy atom. The van der Waals surface area contributed by atoms with Gasteiger partial charge in [0.05, 0.1) is 6.10 Å². The molecular weight excluding hydrogens is 314 g/mol. The maximum absolute atomic E-state index is 11.5. The van der Waals surface area contributed by atoms with Crippen LogP contribution >= 0.6 is 0 Å². The number of allylic oxidation sites excluding steroid dienone is 2. The van der Waals surface area contributed by atoms with E-state index in [0.29, 0.717) is 17.8 Å². The molecule has 4 rings (SSSR count). The quantitative estimate of drug-likeness (QED) is 0.566. The lowest BCUT2D eigenvalue weighted by Gasteiger charge is -2.56. The van der Waals surface area contributed by atoms with Crippen molar-refractivity contribution in [3.8, 4) is 0 Å². The molecule has 0 amide bonds. The molecule has 0 aromatic heterocycles. The zero-order chi connectivity index (χ0) is 18.0. The molecule has 8 atom stereocenters. The molecule has 25 heavy (non-hydrogen) atoms. The van der Waals surface area contributed by atoms with E-state index in [0.717, 1.165) is 32.1 Å². The highest BCUT2D eigenvalue weighted by atomic mass is 16.5. The Kier molecular flexibility index (Phi) is 3.93. The molecule has 1 unspecified atom stereocenters. The summed E-state index contributed by atoms with van der Waals surface area (Å²) in [5, 5.41) is 10.0. The van der Waals surface area contributed by atoms with Gasteiger partial charge in [-0.25, -0.2) is 0 Å². The summed E-state index contributed by atoms with van der Waals surface area (Å²) in [7, 11) is 0. The SMILES string of the molecule is CC(=O)OC1C[C@H]2[C@@H]3CC=C4C[C@@H](O)C=C[C@]4(C)[C@H]3CC[C@]2(C)[C@H]1N. The minimum Gasteiger partial charge on any atom is -0.461 e. The molecule has 0 aromatic carbocycles. The molecule has 0 saturated heterocycles. The van der Waals surface area contributed by atoms with Crippen molar-refractivity contribution in [3.63, 3.8) is 0 Å². The highest BCUT2D eigenvalue weighted by Gasteiger charge is 2.60. The van der Waals surface area contributed by atoms with Crippen molar-refractivity contribution in [2.24, 2.45) is 34.3 Å². The first-order chi connectivity index (χ1) is 11.8. The second-order valence-electron chi connectivity index (χ2n) is 9.21. The van der Waals surface area contributed by atoms with Crippen LogP contribution in [0.15, 0.2) is 23.8 Å². The van der Waals surface area contributed by atoms with Gasteiger partial charge in [0.2, 0.25) is 0 Å². The lowest BCUT2D eigenvalue weighted by Crippen LogP contribution is -2.52. The van der Waals surface area contributed by atoms with Gasteiger partial charge < -0.3 is 15.6 Å². The lowest BCUT2D eigenvalue weighted by molar-refractivity contribution is -0.147. The van der Waals surface area contributed by atoms with Gasteiger partial charge in [-0.05, 0) is 55.3 Å². The Balaban J connectivity index is 1.65. The first-order valence-electron chi connectivity index (χ1n) is 9.75. The van der Waals surface area contributed by atoms with Crippen molar-refractivity contribution in [2.75, 3.05) is 0 Å². The van der Waals surface area contributed by atoms with Gasteiger partial charge in [-0.15, -0.1) is 0 Å². The molecule has 2 fully saturated rings. The average Bonchev–Trinajstić information content (AvgIpc) is 2.79. The third-order valence-electron chi connectivity index (χ3n) is 8.03. The molecule has 0 aromatic rings. The molecule has 0 aliphatic heterocycles. The van der Waals surface area contributed by atoms with E-state index < -0.39 is 0 Å². The Bertz CT molecular complexity index is 641. The summed E-state index contributed by atoms with van der Waals surface area (Å²) in [6.07, 6.45) is 11.1. The molecule has 2 saturated carbocycles. The van der Waals surface area contributed by atoms with E-state index in [1.54, 1.807) is 0 Å². The van der Waals surface area contributed by atoms with Crippen molar-refractivity contribution in [3.05, 3.63) is 23.8 Å². The highest BCUT2D eigenvalue weighted by Crippen LogP contribution is 2.63. The molecule has 0 bridgehead atoms. The standard InChI is InChI=1S/C21H31NO3/c1-12(23)25-18-11-17-15-5-4-13-10-14(24)6-8-20(13,2)16(15)7-9-21(17,3)19(18)22/h4,6,8,14-19,24H,5,7,9-11,22H2,1-3H3/t14-,15+,16-,17-,18?,19-,20-,21-/m0/s1. The largest absolute Gasteiger partial charge is 0.461 e. The monoisotopic (exact) mass is 345 g/mol. The van der Waals surface area contributed by atoms with Gasteiger partial charge in [-0.1, -0.05) is 37.6 Å². The van der Waals surface area contributed by atoms with Gasteiger partial charge >= 0.3 is 5.97 Å². The number of aliphatic hydroxyl groups is 1. The zero-order valence-corrected chi connectivity index (χ0v) is 15.6. The molecule has 4 nitrogen and oxygen atoms in total. The predicted molar refractivity (Wildman–Crippen MR) is 96.5 cm³/mol. The number of hydrogen-bond donors (Lipinski definition) is 2. The molecule has 138 valence electrons. The van der Waals surface area contributed by atoms with Crippen molar-refractivity contribution in [1.29, 1.82) is 0 Å². The second kappa shape index (κ2) is 5.68. The number of nitrogens with two attached hydrogens (primary N) is 1. The second-order valence-corrected chi connectivity index (χ2v) is 9.21. The van der Waals surface area contributed by atoms with Crippen LogP contribution in [-0.4, -0.2) is 29.3 Å². The first kappa shape index (κ1) is 17.3. The zero-order valence-electron chi connectivity index (χ0n) is 15.6. The van der Waals surface area contributed by atoms with Crippen molar-refractivity contribution < 1.29 is 14.6 Å². The van der Waals surface area contributed by atoms with Crippen LogP contribution < -0.4 is 5.73 Å². The van der Waals surface area contributed by atoms with Crippen molar-refractivity contribution >= 4 is 5.97 Å². The predicted octanol–water partition coefficient (Wildman–Crippen LogP) is 2.96. The number of esters is 1. The van der Waals surface area contributed by atoms with Crippen LogP contribution in [0.5, 0.6) is 0 Å². The van der Waals surface area contributed by atoms with Crippen LogP contribution in [0.1, 0.15) is 52.9 Å². The smallest absolute Gasteiger partial charge is 0.302 e. The van der Waals surface area contributed by atoms with Gasteiger partial charge in [0.15, 0.2) is 0 Å². The van der Waals surface area contributed by atoms with Gasteiger partial charge in [0.1, 0.15) is 6.10 Å². The van der Waals surface area contributed by atoms with E-state index in [1.165, 1.54) is 12.5 Å². The van der Waals surface area contributed by atoms with Crippen LogP contribution in [0.4, 0.5) is 0 Å². The molecule has 0 radical (unpaired) electrons. The topological polar surface area (TPSA) is 72.5 Å². The fourth-order valence-corrected chi connectivity index (χ4v) is 6.60. The third-order valence-corrected chi connectivity index (χ3v) is 8.03. The summed E-state index contributed by atoms with van der Waals surface area (Å²) in [4.78, 5) is 11.5. The average molecular weight is 345 g/mol. The summed E-state index contributed by atoms with van der Waals surface area (Å²) in [6, 6.07) is -0.0655. The summed E-state index contributed by atoms with van der Waals surface area (Å²) < 4.78 is 5.58. The Morgan fingerprint density at radius 1 is 1.36 bits per heavy atom. The third kappa shape index (κ3) is 2.44. The van der Waals surface area contributed by atoms with Crippen LogP contribution in [0.3, 0.4) is 0 Å². The Labute approximate surface area is 150 Å². The van der Waals surface area contributed by atoms with Crippen LogP contribution in [0.25, 0.3) is 0 Å². The van der Waals surface area contributed by atoms with Crippen molar-refractivity contribution in [1.82, 2.24) is 0 Å². The molecule has 0 spiro atoms. The van der Waals surface area contributed by atoms with E-state index in [1.807, 2.05) is 6.08 Å². The van der Waals surface area contributed by atoms with E-state index >= 15 is 0 Å². The normalized spacial score (nSPS) is 51.2. The first-order valence-corrected chi connectivity index (χ1v) is 9.75.